The minimum Gasteiger partial charge on any atom is -0.363 e. The zero-order valence-corrected chi connectivity index (χ0v) is 15.0. The van der Waals surface area contributed by atoms with E-state index in [1.807, 2.05) is 39.8 Å². The lowest BCUT2D eigenvalue weighted by atomic mass is 10.2. The number of hydrogen-bond acceptors (Lipinski definition) is 7. The maximum atomic E-state index is 7.34. The van der Waals surface area contributed by atoms with Crippen molar-refractivity contribution in [2.24, 2.45) is 5.11 Å². The van der Waals surface area contributed by atoms with Gasteiger partial charge in [0.25, 0.3) is 0 Å². The fourth-order valence-electron chi connectivity index (χ4n) is 2.73. The summed E-state index contributed by atoms with van der Waals surface area (Å²) in [7, 11) is 0. The van der Waals surface area contributed by atoms with Crippen molar-refractivity contribution >= 4 is 17.3 Å². The minimum atomic E-state index is 0.249. The van der Waals surface area contributed by atoms with Crippen LogP contribution >= 0.6 is 0 Å². The Balaban J connectivity index is 1.59. The van der Waals surface area contributed by atoms with Gasteiger partial charge in [-0.25, -0.2) is 20.5 Å². The Kier molecular flexibility index (Phi) is 4.33. The van der Waals surface area contributed by atoms with Gasteiger partial charge in [-0.2, -0.15) is 5.10 Å². The average molecular weight is 361 g/mol. The molecule has 0 saturated heterocycles. The maximum Gasteiger partial charge on any atom is 0.216 e. The van der Waals surface area contributed by atoms with Crippen molar-refractivity contribution < 1.29 is 0 Å². The van der Waals surface area contributed by atoms with Crippen molar-refractivity contribution in [3.63, 3.8) is 0 Å². The van der Waals surface area contributed by atoms with Crippen molar-refractivity contribution in [3.8, 4) is 11.3 Å². The number of aromatic nitrogens is 6. The Bertz CT molecular complexity index is 1090. The number of hydrogen-bond donors (Lipinski definition) is 2. The first-order chi connectivity index (χ1) is 13.1. The lowest BCUT2D eigenvalue weighted by Gasteiger charge is -2.09. The second-order valence-corrected chi connectivity index (χ2v) is 6.43. The molecule has 4 rings (SSSR count). The number of rotatable bonds is 6. The molecule has 9 nitrogen and oxygen atoms in total. The second kappa shape index (κ2) is 6.94. The highest BCUT2D eigenvalue weighted by Gasteiger charge is 2.11. The van der Waals surface area contributed by atoms with Gasteiger partial charge in [0.15, 0.2) is 5.82 Å². The van der Waals surface area contributed by atoms with Crippen LogP contribution in [0.1, 0.15) is 25.5 Å². The summed E-state index contributed by atoms with van der Waals surface area (Å²) >= 11 is 0. The normalized spacial score (nSPS) is 11.2. The largest absolute Gasteiger partial charge is 0.363 e. The monoisotopic (exact) mass is 361 g/mol. The molecular weight excluding hydrogens is 342 g/mol. The van der Waals surface area contributed by atoms with E-state index in [-0.39, 0.29) is 11.9 Å². The molecule has 0 saturated carbocycles. The summed E-state index contributed by atoms with van der Waals surface area (Å²) in [6, 6.07) is 4.22. The molecule has 0 fully saturated rings. The highest BCUT2D eigenvalue weighted by atomic mass is 15.3. The van der Waals surface area contributed by atoms with Crippen molar-refractivity contribution in [3.05, 3.63) is 54.9 Å². The van der Waals surface area contributed by atoms with Crippen LogP contribution < -0.4 is 5.32 Å². The van der Waals surface area contributed by atoms with Gasteiger partial charge in [0.1, 0.15) is 5.65 Å². The third-order valence-electron chi connectivity index (χ3n) is 4.20. The average Bonchev–Trinajstić information content (AvgIpc) is 3.35. The van der Waals surface area contributed by atoms with Crippen LogP contribution in [-0.4, -0.2) is 29.1 Å². The van der Waals surface area contributed by atoms with E-state index in [0.29, 0.717) is 18.1 Å². The number of nitrogens with zero attached hydrogens (tertiary/aromatic N) is 7. The molecule has 0 aliphatic heterocycles. The van der Waals surface area contributed by atoms with Crippen LogP contribution in [0, 0.1) is 5.53 Å². The molecule has 0 unspecified atom stereocenters. The van der Waals surface area contributed by atoms with E-state index in [2.05, 4.69) is 44.3 Å². The van der Waals surface area contributed by atoms with E-state index < -0.39 is 0 Å². The summed E-state index contributed by atoms with van der Waals surface area (Å²) in [5.74, 6) is 0.712. The van der Waals surface area contributed by atoms with E-state index in [4.69, 9.17) is 5.53 Å². The first-order valence-electron chi connectivity index (χ1n) is 8.58. The Labute approximate surface area is 155 Å². The van der Waals surface area contributed by atoms with Gasteiger partial charge in [0, 0.05) is 42.9 Å². The van der Waals surface area contributed by atoms with Gasteiger partial charge in [-0.3, -0.25) is 4.68 Å². The first-order valence-corrected chi connectivity index (χ1v) is 8.58. The van der Waals surface area contributed by atoms with Crippen LogP contribution in [0.25, 0.3) is 16.9 Å². The van der Waals surface area contributed by atoms with Crippen LogP contribution in [-0.2, 0) is 6.54 Å². The molecule has 0 amide bonds. The third kappa shape index (κ3) is 3.39. The molecule has 0 radical (unpaired) electrons. The lowest BCUT2D eigenvalue weighted by molar-refractivity contribution is 0.532. The molecule has 0 spiro atoms. The van der Waals surface area contributed by atoms with Gasteiger partial charge in [0.05, 0.1) is 18.1 Å². The van der Waals surface area contributed by atoms with Crippen molar-refractivity contribution in [1.29, 1.82) is 5.53 Å². The number of pyridine rings is 1. The minimum absolute atomic E-state index is 0.249. The SMILES string of the molecule is CC(C)n1cc(-c2cnc(N=N)c(NCc3ccc4nccn4c3)n2)cn1. The smallest absolute Gasteiger partial charge is 0.216 e. The number of anilines is 1. The van der Waals surface area contributed by atoms with E-state index in [9.17, 15) is 0 Å². The molecule has 136 valence electrons. The van der Waals surface area contributed by atoms with Gasteiger partial charge >= 0.3 is 0 Å². The third-order valence-corrected chi connectivity index (χ3v) is 4.20. The molecule has 0 aromatic carbocycles. The topological polar surface area (TPSA) is 109 Å². The van der Waals surface area contributed by atoms with Crippen LogP contribution in [0.3, 0.4) is 0 Å². The summed E-state index contributed by atoms with van der Waals surface area (Å²) in [5.41, 5.74) is 10.8. The van der Waals surface area contributed by atoms with E-state index in [1.165, 1.54) is 0 Å². The van der Waals surface area contributed by atoms with E-state index >= 15 is 0 Å². The van der Waals surface area contributed by atoms with Gasteiger partial charge < -0.3 is 9.72 Å². The Hall–Kier alpha value is -3.62. The Morgan fingerprint density at radius 2 is 2.07 bits per heavy atom. The molecule has 2 N–H and O–H groups in total. The van der Waals surface area contributed by atoms with Crippen LogP contribution in [0.4, 0.5) is 11.6 Å². The predicted octanol–water partition coefficient (Wildman–Crippen LogP) is 3.84. The highest BCUT2D eigenvalue weighted by Crippen LogP contribution is 2.25. The number of imidazole rings is 1. The Morgan fingerprint density at radius 1 is 1.19 bits per heavy atom. The van der Waals surface area contributed by atoms with Crippen LogP contribution in [0.15, 0.2) is 54.4 Å². The van der Waals surface area contributed by atoms with Crippen LogP contribution in [0.2, 0.25) is 0 Å². The van der Waals surface area contributed by atoms with Gasteiger partial charge in [0.2, 0.25) is 5.82 Å². The molecule has 0 aliphatic rings. The summed E-state index contributed by atoms with van der Waals surface area (Å²) in [6.07, 6.45) is 11.0. The number of nitrogens with one attached hydrogen (secondary N) is 2. The van der Waals surface area contributed by atoms with Crippen molar-refractivity contribution in [2.45, 2.75) is 26.4 Å². The molecule has 4 aromatic rings. The van der Waals surface area contributed by atoms with Crippen LogP contribution in [0.5, 0.6) is 0 Å². The van der Waals surface area contributed by atoms with Gasteiger partial charge in [-0.1, -0.05) is 6.07 Å². The summed E-state index contributed by atoms with van der Waals surface area (Å²) < 4.78 is 3.82. The molecule has 0 aliphatic carbocycles. The van der Waals surface area contributed by atoms with Gasteiger partial charge in [-0.15, -0.1) is 5.11 Å². The fourth-order valence-corrected chi connectivity index (χ4v) is 2.73. The van der Waals surface area contributed by atoms with Crippen molar-refractivity contribution in [2.75, 3.05) is 5.32 Å². The predicted molar refractivity (Wildman–Crippen MR) is 101 cm³/mol. The van der Waals surface area contributed by atoms with Crippen molar-refractivity contribution in [1.82, 2.24) is 29.1 Å². The summed E-state index contributed by atoms with van der Waals surface area (Å²) in [5, 5.41) is 11.0. The summed E-state index contributed by atoms with van der Waals surface area (Å²) in [6.45, 7) is 4.66. The maximum absolute atomic E-state index is 7.34. The zero-order valence-electron chi connectivity index (χ0n) is 15.0. The quantitative estimate of drug-likeness (QED) is 0.507. The molecule has 9 heteroatoms. The van der Waals surface area contributed by atoms with E-state index in [0.717, 1.165) is 16.8 Å². The molecule has 4 heterocycles. The second-order valence-electron chi connectivity index (χ2n) is 6.43. The summed E-state index contributed by atoms with van der Waals surface area (Å²) in [4.78, 5) is 13.1. The molecule has 4 aromatic heterocycles. The fraction of sp³-hybridized carbons (Fsp3) is 0.222. The first kappa shape index (κ1) is 16.8. The molecule has 27 heavy (non-hydrogen) atoms. The standard InChI is InChI=1S/C18H19N9/c1-12(2)27-11-14(8-23-27)15-9-22-18(25-19)17(24-15)21-7-13-3-4-16-20-5-6-26(16)10-13/h3-6,8-12,19H,7H2,1-2H3,(H,21,24). The zero-order chi connectivity index (χ0) is 18.8. The number of fused-ring (bicyclic) bond motifs is 1. The van der Waals surface area contributed by atoms with Gasteiger partial charge in [-0.05, 0) is 25.5 Å². The Morgan fingerprint density at radius 3 is 2.85 bits per heavy atom. The lowest BCUT2D eigenvalue weighted by Crippen LogP contribution is -2.04. The molecular formula is C18H19N9. The molecule has 0 bridgehead atoms. The molecule has 0 atom stereocenters. The highest BCUT2D eigenvalue weighted by molar-refractivity contribution is 5.64. The van der Waals surface area contributed by atoms with E-state index in [1.54, 1.807) is 18.6 Å².